The number of carbonyl (C=O) groups excluding carboxylic acids is 1. The molecule has 3 rings (SSSR count). The van der Waals surface area contributed by atoms with Crippen LogP contribution in [0.25, 0.3) is 17.0 Å². The van der Waals surface area contributed by atoms with E-state index in [2.05, 4.69) is 0 Å². The molecule has 126 valence electrons. The molecule has 0 aliphatic heterocycles. The average Bonchev–Trinajstić information content (AvgIpc) is 2.60. The van der Waals surface area contributed by atoms with Crippen LogP contribution in [0.3, 0.4) is 0 Å². The van der Waals surface area contributed by atoms with Crippen molar-refractivity contribution in [1.29, 1.82) is 0 Å². The van der Waals surface area contributed by atoms with Crippen molar-refractivity contribution in [3.63, 3.8) is 0 Å². The van der Waals surface area contributed by atoms with Crippen molar-refractivity contribution in [2.24, 2.45) is 0 Å². The topological polar surface area (TPSA) is 56.5 Å². The maximum absolute atomic E-state index is 11.9. The van der Waals surface area contributed by atoms with Crippen LogP contribution in [0.2, 0.25) is 0 Å². The van der Waals surface area contributed by atoms with Crippen molar-refractivity contribution in [3.05, 3.63) is 87.3 Å². The third-order valence-corrected chi connectivity index (χ3v) is 4.03. The second-order valence-electron chi connectivity index (χ2n) is 5.88. The molecule has 0 atom stereocenters. The average molecular weight is 334 g/mol. The Morgan fingerprint density at radius 3 is 2.56 bits per heavy atom. The minimum atomic E-state index is -0.464. The molecule has 2 aromatic carbocycles. The van der Waals surface area contributed by atoms with Gasteiger partial charge >= 0.3 is 11.6 Å². The molecule has 0 unspecified atom stereocenters. The highest BCUT2D eigenvalue weighted by Crippen LogP contribution is 2.22. The first-order valence-electron chi connectivity index (χ1n) is 7.97. The van der Waals surface area contributed by atoms with Crippen LogP contribution in [-0.4, -0.2) is 5.97 Å². The molecule has 3 aromatic rings. The van der Waals surface area contributed by atoms with Crippen molar-refractivity contribution >= 4 is 23.0 Å². The quantitative estimate of drug-likeness (QED) is 0.408. The van der Waals surface area contributed by atoms with E-state index in [1.54, 1.807) is 6.08 Å². The SMILES string of the molecule is Cc1cc2oc(=O)cc(COC(=O)/C=C/c3ccccc3)c2cc1C. The Hall–Kier alpha value is -3.14. The Labute approximate surface area is 145 Å². The monoisotopic (exact) mass is 334 g/mol. The standard InChI is InChI=1S/C21H18O4/c1-14-10-18-17(12-21(23)25-19(18)11-15(14)2)13-24-20(22)9-8-16-6-4-3-5-7-16/h3-12H,13H2,1-2H3/b9-8+. The van der Waals surface area contributed by atoms with Crippen LogP contribution in [-0.2, 0) is 16.1 Å². The number of aryl methyl sites for hydroxylation is 2. The van der Waals surface area contributed by atoms with Crippen molar-refractivity contribution in [2.75, 3.05) is 0 Å². The van der Waals surface area contributed by atoms with Crippen LogP contribution in [0.5, 0.6) is 0 Å². The minimum Gasteiger partial charge on any atom is -0.458 e. The molecular weight excluding hydrogens is 316 g/mol. The zero-order valence-electron chi connectivity index (χ0n) is 14.1. The Bertz CT molecular complexity index is 998. The molecule has 0 bridgehead atoms. The van der Waals surface area contributed by atoms with Crippen LogP contribution in [0.1, 0.15) is 22.3 Å². The molecule has 0 spiro atoms. The predicted octanol–water partition coefficient (Wildman–Crippen LogP) is 4.17. The summed E-state index contributed by atoms with van der Waals surface area (Å²) in [5, 5.41) is 0.780. The summed E-state index contributed by atoms with van der Waals surface area (Å²) in [6.07, 6.45) is 3.06. The zero-order valence-corrected chi connectivity index (χ0v) is 14.1. The molecular formula is C21H18O4. The lowest BCUT2D eigenvalue weighted by Crippen LogP contribution is -2.06. The molecule has 0 N–H and O–H groups in total. The Morgan fingerprint density at radius 2 is 1.80 bits per heavy atom. The maximum Gasteiger partial charge on any atom is 0.336 e. The van der Waals surface area contributed by atoms with Crippen LogP contribution in [0.15, 0.2) is 63.8 Å². The second kappa shape index (κ2) is 7.18. The number of esters is 1. The van der Waals surface area contributed by atoms with E-state index in [-0.39, 0.29) is 6.61 Å². The van der Waals surface area contributed by atoms with E-state index in [1.807, 2.05) is 56.3 Å². The number of hydrogen-bond acceptors (Lipinski definition) is 4. The fourth-order valence-electron chi connectivity index (χ4n) is 2.53. The van der Waals surface area contributed by atoms with Crippen LogP contribution >= 0.6 is 0 Å². The largest absolute Gasteiger partial charge is 0.458 e. The van der Waals surface area contributed by atoms with Gasteiger partial charge in [0.2, 0.25) is 0 Å². The normalized spacial score (nSPS) is 11.1. The van der Waals surface area contributed by atoms with Gasteiger partial charge in [0.25, 0.3) is 0 Å². The summed E-state index contributed by atoms with van der Waals surface area (Å²) in [6, 6.07) is 14.6. The molecule has 1 heterocycles. The highest BCUT2D eigenvalue weighted by Gasteiger charge is 2.09. The highest BCUT2D eigenvalue weighted by molar-refractivity contribution is 5.87. The lowest BCUT2D eigenvalue weighted by molar-refractivity contribution is -0.138. The summed E-state index contributed by atoms with van der Waals surface area (Å²) in [5.41, 5.74) is 3.71. The van der Waals surface area contributed by atoms with E-state index in [1.165, 1.54) is 12.1 Å². The Kier molecular flexibility index (Phi) is 4.80. The lowest BCUT2D eigenvalue weighted by Gasteiger charge is -2.08. The molecule has 0 saturated heterocycles. The van der Waals surface area contributed by atoms with Crippen molar-refractivity contribution in [2.45, 2.75) is 20.5 Å². The first kappa shape index (κ1) is 16.7. The van der Waals surface area contributed by atoms with Gasteiger partial charge in [-0.1, -0.05) is 30.3 Å². The molecule has 0 aliphatic rings. The van der Waals surface area contributed by atoms with Crippen molar-refractivity contribution in [1.82, 2.24) is 0 Å². The fraction of sp³-hybridized carbons (Fsp3) is 0.143. The minimum absolute atomic E-state index is 0.0164. The molecule has 1 aromatic heterocycles. The van der Waals surface area contributed by atoms with E-state index in [9.17, 15) is 9.59 Å². The van der Waals surface area contributed by atoms with Crippen LogP contribution in [0.4, 0.5) is 0 Å². The molecule has 25 heavy (non-hydrogen) atoms. The van der Waals surface area contributed by atoms with E-state index < -0.39 is 11.6 Å². The highest BCUT2D eigenvalue weighted by atomic mass is 16.5. The van der Waals surface area contributed by atoms with Crippen LogP contribution in [0, 0.1) is 13.8 Å². The summed E-state index contributed by atoms with van der Waals surface area (Å²) in [7, 11) is 0. The third-order valence-electron chi connectivity index (χ3n) is 4.03. The number of benzene rings is 2. The van der Waals surface area contributed by atoms with Gasteiger partial charge < -0.3 is 9.15 Å². The number of hydrogen-bond donors (Lipinski definition) is 0. The molecule has 0 saturated carbocycles. The molecule has 4 heteroatoms. The maximum atomic E-state index is 11.9. The van der Waals surface area contributed by atoms with Gasteiger partial charge in [0.05, 0.1) is 0 Å². The first-order chi connectivity index (χ1) is 12.0. The Balaban J connectivity index is 1.79. The summed E-state index contributed by atoms with van der Waals surface area (Å²) >= 11 is 0. The third kappa shape index (κ3) is 4.04. The van der Waals surface area contributed by atoms with E-state index >= 15 is 0 Å². The summed E-state index contributed by atoms with van der Waals surface area (Å²) in [5.74, 6) is -0.464. The molecule has 0 amide bonds. The van der Waals surface area contributed by atoms with Crippen molar-refractivity contribution in [3.8, 4) is 0 Å². The Morgan fingerprint density at radius 1 is 1.08 bits per heavy atom. The van der Waals surface area contributed by atoms with Gasteiger partial charge in [-0.3, -0.25) is 0 Å². The van der Waals surface area contributed by atoms with Gasteiger partial charge in [-0.05, 0) is 48.7 Å². The second-order valence-corrected chi connectivity index (χ2v) is 5.88. The summed E-state index contributed by atoms with van der Waals surface area (Å²) in [4.78, 5) is 23.7. The summed E-state index contributed by atoms with van der Waals surface area (Å²) < 4.78 is 10.5. The van der Waals surface area contributed by atoms with Gasteiger partial charge in [-0.2, -0.15) is 0 Å². The van der Waals surface area contributed by atoms with Crippen molar-refractivity contribution < 1.29 is 13.9 Å². The van der Waals surface area contributed by atoms with Crippen LogP contribution < -0.4 is 5.63 Å². The zero-order chi connectivity index (χ0) is 17.8. The number of carbonyl (C=O) groups is 1. The van der Waals surface area contributed by atoms with E-state index in [0.29, 0.717) is 11.1 Å². The summed E-state index contributed by atoms with van der Waals surface area (Å²) in [6.45, 7) is 3.96. The van der Waals surface area contributed by atoms with E-state index in [4.69, 9.17) is 9.15 Å². The number of ether oxygens (including phenoxy) is 1. The number of fused-ring (bicyclic) bond motifs is 1. The molecule has 0 radical (unpaired) electrons. The van der Waals surface area contributed by atoms with Gasteiger partial charge in [0, 0.05) is 23.1 Å². The van der Waals surface area contributed by atoms with E-state index in [0.717, 1.165) is 22.1 Å². The van der Waals surface area contributed by atoms with Gasteiger partial charge in [0.15, 0.2) is 0 Å². The number of rotatable bonds is 4. The smallest absolute Gasteiger partial charge is 0.336 e. The molecule has 0 aliphatic carbocycles. The predicted molar refractivity (Wildman–Crippen MR) is 97.2 cm³/mol. The van der Waals surface area contributed by atoms with Gasteiger partial charge in [-0.15, -0.1) is 0 Å². The van der Waals surface area contributed by atoms with Gasteiger partial charge in [0.1, 0.15) is 12.2 Å². The first-order valence-corrected chi connectivity index (χ1v) is 7.97. The molecule has 0 fully saturated rings. The fourth-order valence-corrected chi connectivity index (χ4v) is 2.53. The van der Waals surface area contributed by atoms with Gasteiger partial charge in [-0.25, -0.2) is 9.59 Å². The lowest BCUT2D eigenvalue weighted by atomic mass is 10.0. The molecule has 4 nitrogen and oxygen atoms in total.